The number of thiophene rings is 1. The number of nitrogens with one attached hydrogen (secondary N) is 1. The minimum atomic E-state index is -0.869. The lowest BCUT2D eigenvalue weighted by Crippen LogP contribution is -2.44. The van der Waals surface area contributed by atoms with Gasteiger partial charge >= 0.3 is 5.97 Å². The number of rotatable bonds is 6. The molecule has 0 saturated heterocycles. The first kappa shape index (κ1) is 17.0. The number of ether oxygens (including phenoxy) is 2. The van der Waals surface area contributed by atoms with Crippen molar-refractivity contribution in [2.45, 2.75) is 6.04 Å². The number of carbonyl (C=O) groups is 2. The molecule has 1 aromatic carbocycles. The van der Waals surface area contributed by atoms with Crippen LogP contribution in [0.2, 0.25) is 0 Å². The van der Waals surface area contributed by atoms with Crippen molar-refractivity contribution in [3.05, 3.63) is 41.3 Å². The molecule has 1 amide bonds. The molecule has 0 radical (unpaired) electrons. The number of benzene rings is 1. The van der Waals surface area contributed by atoms with Gasteiger partial charge in [-0.2, -0.15) is 0 Å². The minimum absolute atomic E-state index is 0.0295. The first-order valence-electron chi connectivity index (χ1n) is 6.88. The number of methoxy groups -OCH3 is 2. The quantitative estimate of drug-likeness (QED) is 0.622. The Labute approximate surface area is 138 Å². The third kappa shape index (κ3) is 4.08. The molecule has 1 aromatic heterocycles. The summed E-state index contributed by atoms with van der Waals surface area (Å²) in [6.07, 6.45) is 0. The third-order valence-corrected chi connectivity index (χ3v) is 4.10. The summed E-state index contributed by atoms with van der Waals surface area (Å²) in [5.41, 5.74) is 7.55. The Balaban J connectivity index is 2.30. The highest BCUT2D eigenvalue weighted by Crippen LogP contribution is 2.30. The summed E-state index contributed by atoms with van der Waals surface area (Å²) < 4.78 is 9.62. The van der Waals surface area contributed by atoms with E-state index in [9.17, 15) is 9.59 Å². The van der Waals surface area contributed by atoms with Crippen molar-refractivity contribution >= 4 is 28.9 Å². The number of amides is 1. The SMILES string of the molecule is COCC(NC(=O)c1ccc(N)cc1-c1cccs1)C(=O)OC. The van der Waals surface area contributed by atoms with Crippen LogP contribution in [0.4, 0.5) is 5.69 Å². The number of nitrogen functional groups attached to an aromatic ring is 1. The first-order chi connectivity index (χ1) is 11.1. The molecule has 1 atom stereocenters. The van der Waals surface area contributed by atoms with Crippen molar-refractivity contribution in [3.8, 4) is 10.4 Å². The average molecular weight is 334 g/mol. The van der Waals surface area contributed by atoms with E-state index in [0.717, 1.165) is 10.4 Å². The summed E-state index contributed by atoms with van der Waals surface area (Å²) in [7, 11) is 2.71. The van der Waals surface area contributed by atoms with Crippen LogP contribution in [0.3, 0.4) is 0 Å². The topological polar surface area (TPSA) is 90.6 Å². The molecule has 0 fully saturated rings. The van der Waals surface area contributed by atoms with E-state index in [4.69, 9.17) is 10.5 Å². The molecule has 0 spiro atoms. The molecule has 2 aromatic rings. The Morgan fingerprint density at radius 2 is 2.09 bits per heavy atom. The normalized spacial score (nSPS) is 11.7. The van der Waals surface area contributed by atoms with Crippen LogP contribution in [-0.2, 0) is 14.3 Å². The molecule has 0 aliphatic carbocycles. The number of anilines is 1. The summed E-state index contributed by atoms with van der Waals surface area (Å²) in [6.45, 7) is 0.0295. The molecule has 6 nitrogen and oxygen atoms in total. The van der Waals surface area contributed by atoms with Gasteiger partial charge in [0.2, 0.25) is 0 Å². The summed E-state index contributed by atoms with van der Waals surface area (Å²) in [5.74, 6) is -0.950. The minimum Gasteiger partial charge on any atom is -0.467 e. The number of hydrogen-bond acceptors (Lipinski definition) is 6. The summed E-state index contributed by atoms with van der Waals surface area (Å²) in [6, 6.07) is 7.96. The van der Waals surface area contributed by atoms with E-state index in [-0.39, 0.29) is 12.5 Å². The van der Waals surface area contributed by atoms with Gasteiger partial charge in [0.1, 0.15) is 0 Å². The van der Waals surface area contributed by atoms with Crippen LogP contribution in [0.1, 0.15) is 10.4 Å². The molecule has 0 bridgehead atoms. The van der Waals surface area contributed by atoms with E-state index in [1.807, 2.05) is 17.5 Å². The fourth-order valence-electron chi connectivity index (χ4n) is 2.11. The maximum absolute atomic E-state index is 12.6. The van der Waals surface area contributed by atoms with Gasteiger partial charge in [-0.3, -0.25) is 4.79 Å². The Kier molecular flexibility index (Phi) is 5.72. The van der Waals surface area contributed by atoms with Crippen LogP contribution in [-0.4, -0.2) is 38.7 Å². The largest absolute Gasteiger partial charge is 0.467 e. The molecule has 7 heteroatoms. The van der Waals surface area contributed by atoms with Gasteiger partial charge < -0.3 is 20.5 Å². The predicted molar refractivity (Wildman–Crippen MR) is 89.3 cm³/mol. The smallest absolute Gasteiger partial charge is 0.330 e. The molecule has 23 heavy (non-hydrogen) atoms. The zero-order valence-electron chi connectivity index (χ0n) is 12.9. The molecule has 3 N–H and O–H groups in total. The lowest BCUT2D eigenvalue weighted by atomic mass is 10.0. The number of hydrogen-bond donors (Lipinski definition) is 2. The van der Waals surface area contributed by atoms with Crippen molar-refractivity contribution < 1.29 is 19.1 Å². The summed E-state index contributed by atoms with van der Waals surface area (Å²) in [4.78, 5) is 25.2. The second-order valence-corrected chi connectivity index (χ2v) is 5.73. The third-order valence-electron chi connectivity index (χ3n) is 3.20. The molecule has 1 unspecified atom stereocenters. The lowest BCUT2D eigenvalue weighted by molar-refractivity contribution is -0.144. The van der Waals surface area contributed by atoms with Crippen molar-refractivity contribution in [3.63, 3.8) is 0 Å². The average Bonchev–Trinajstić information content (AvgIpc) is 3.07. The number of esters is 1. The second kappa shape index (κ2) is 7.75. The molecule has 0 saturated carbocycles. The van der Waals surface area contributed by atoms with Crippen LogP contribution < -0.4 is 11.1 Å². The highest BCUT2D eigenvalue weighted by atomic mass is 32.1. The molecule has 1 heterocycles. The number of nitrogens with two attached hydrogens (primary N) is 1. The lowest BCUT2D eigenvalue weighted by Gasteiger charge is -2.17. The van der Waals surface area contributed by atoms with Gasteiger partial charge in [0.25, 0.3) is 5.91 Å². The Morgan fingerprint density at radius 1 is 1.30 bits per heavy atom. The van der Waals surface area contributed by atoms with E-state index in [2.05, 4.69) is 10.1 Å². The van der Waals surface area contributed by atoms with E-state index in [1.54, 1.807) is 18.2 Å². The highest BCUT2D eigenvalue weighted by molar-refractivity contribution is 7.13. The fourth-order valence-corrected chi connectivity index (χ4v) is 2.87. The zero-order chi connectivity index (χ0) is 16.8. The molecule has 0 aliphatic heterocycles. The first-order valence-corrected chi connectivity index (χ1v) is 7.75. The van der Waals surface area contributed by atoms with E-state index in [0.29, 0.717) is 11.3 Å². The second-order valence-electron chi connectivity index (χ2n) is 4.79. The molecular formula is C16H18N2O4S. The van der Waals surface area contributed by atoms with Crippen LogP contribution >= 0.6 is 11.3 Å². The van der Waals surface area contributed by atoms with E-state index < -0.39 is 12.0 Å². The molecule has 0 aliphatic rings. The Morgan fingerprint density at radius 3 is 2.70 bits per heavy atom. The predicted octanol–water partition coefficient (Wildman–Crippen LogP) is 1.92. The Hall–Kier alpha value is -2.38. The summed E-state index contributed by atoms with van der Waals surface area (Å²) in [5, 5.41) is 4.55. The highest BCUT2D eigenvalue weighted by Gasteiger charge is 2.23. The van der Waals surface area contributed by atoms with Crippen molar-refractivity contribution in [2.75, 3.05) is 26.6 Å². The van der Waals surface area contributed by atoms with Gasteiger partial charge in [0.15, 0.2) is 6.04 Å². The van der Waals surface area contributed by atoms with Crippen LogP contribution in [0.25, 0.3) is 10.4 Å². The Bertz CT molecular complexity index is 685. The number of carbonyl (C=O) groups excluding carboxylic acids is 2. The molecule has 122 valence electrons. The van der Waals surface area contributed by atoms with Gasteiger partial charge in [0, 0.05) is 28.8 Å². The monoisotopic (exact) mass is 334 g/mol. The van der Waals surface area contributed by atoms with Crippen molar-refractivity contribution in [1.29, 1.82) is 0 Å². The maximum Gasteiger partial charge on any atom is 0.330 e. The van der Waals surface area contributed by atoms with E-state index >= 15 is 0 Å². The van der Waals surface area contributed by atoms with E-state index in [1.165, 1.54) is 25.6 Å². The van der Waals surface area contributed by atoms with Crippen molar-refractivity contribution in [2.24, 2.45) is 0 Å². The maximum atomic E-state index is 12.6. The fraction of sp³-hybridized carbons (Fsp3) is 0.250. The van der Waals surface area contributed by atoms with Gasteiger partial charge in [-0.15, -0.1) is 11.3 Å². The van der Waals surface area contributed by atoms with Gasteiger partial charge in [-0.05, 0) is 29.6 Å². The summed E-state index contributed by atoms with van der Waals surface area (Å²) >= 11 is 1.50. The molecular weight excluding hydrogens is 316 g/mol. The van der Waals surface area contributed by atoms with Crippen molar-refractivity contribution in [1.82, 2.24) is 5.32 Å². The van der Waals surface area contributed by atoms with Crippen LogP contribution in [0, 0.1) is 0 Å². The molecule has 2 rings (SSSR count). The van der Waals surface area contributed by atoms with Gasteiger partial charge in [-0.25, -0.2) is 4.79 Å². The van der Waals surface area contributed by atoms with Crippen LogP contribution in [0.15, 0.2) is 35.7 Å². The zero-order valence-corrected chi connectivity index (χ0v) is 13.7. The van der Waals surface area contributed by atoms with Crippen LogP contribution in [0.5, 0.6) is 0 Å². The van der Waals surface area contributed by atoms with Gasteiger partial charge in [-0.1, -0.05) is 6.07 Å². The standard InChI is InChI=1S/C16H18N2O4S/c1-21-9-13(16(20)22-2)18-15(19)11-6-5-10(17)8-12(11)14-4-3-7-23-14/h3-8,13H,9,17H2,1-2H3,(H,18,19). The van der Waals surface area contributed by atoms with Gasteiger partial charge in [0.05, 0.1) is 13.7 Å².